The van der Waals surface area contributed by atoms with Gasteiger partial charge in [0.2, 0.25) is 0 Å². The van der Waals surface area contributed by atoms with Gasteiger partial charge in [-0.05, 0) is 32.3 Å². The third-order valence-corrected chi connectivity index (χ3v) is 2.23. The Bertz CT molecular complexity index is 298. The summed E-state index contributed by atoms with van der Waals surface area (Å²) >= 11 is 0. The standard InChI is InChI=1S/C11H16F2O4/c1-3-7(2)17-11(16)8(10(14)15)5-4-6-9(12)13/h6-8H,3-5H2,1-2H3,(H,14,15). The first-order chi connectivity index (χ1) is 7.88. The highest BCUT2D eigenvalue weighted by molar-refractivity contribution is 5.93. The van der Waals surface area contributed by atoms with Crippen molar-refractivity contribution in [3.63, 3.8) is 0 Å². The van der Waals surface area contributed by atoms with Gasteiger partial charge < -0.3 is 9.84 Å². The van der Waals surface area contributed by atoms with Gasteiger partial charge in [0.05, 0.1) is 6.10 Å². The van der Waals surface area contributed by atoms with Crippen molar-refractivity contribution in [1.29, 1.82) is 0 Å². The molecule has 0 aromatic heterocycles. The Hall–Kier alpha value is -1.46. The minimum Gasteiger partial charge on any atom is -0.481 e. The summed E-state index contributed by atoms with van der Waals surface area (Å²) in [6.07, 6.45) is -1.47. The van der Waals surface area contributed by atoms with E-state index in [1.165, 1.54) is 0 Å². The number of allylic oxidation sites excluding steroid dienone is 1. The van der Waals surface area contributed by atoms with E-state index >= 15 is 0 Å². The highest BCUT2D eigenvalue weighted by atomic mass is 19.3. The first-order valence-corrected chi connectivity index (χ1v) is 5.32. The average Bonchev–Trinajstić information content (AvgIpc) is 2.22. The lowest BCUT2D eigenvalue weighted by Crippen LogP contribution is -2.28. The van der Waals surface area contributed by atoms with Crippen LogP contribution in [-0.2, 0) is 14.3 Å². The van der Waals surface area contributed by atoms with Crippen molar-refractivity contribution in [1.82, 2.24) is 0 Å². The van der Waals surface area contributed by atoms with E-state index in [0.29, 0.717) is 12.5 Å². The molecule has 17 heavy (non-hydrogen) atoms. The van der Waals surface area contributed by atoms with Crippen molar-refractivity contribution in [2.45, 2.75) is 39.2 Å². The van der Waals surface area contributed by atoms with Crippen LogP contribution in [0.2, 0.25) is 0 Å². The van der Waals surface area contributed by atoms with Crippen LogP contribution in [0.1, 0.15) is 33.1 Å². The second-order valence-electron chi connectivity index (χ2n) is 3.62. The van der Waals surface area contributed by atoms with Crippen LogP contribution >= 0.6 is 0 Å². The highest BCUT2D eigenvalue weighted by Gasteiger charge is 2.28. The Morgan fingerprint density at radius 3 is 2.41 bits per heavy atom. The maximum absolute atomic E-state index is 11.7. The second kappa shape index (κ2) is 7.76. The van der Waals surface area contributed by atoms with Gasteiger partial charge in [0, 0.05) is 0 Å². The molecule has 1 N–H and O–H groups in total. The fourth-order valence-corrected chi connectivity index (χ4v) is 1.07. The maximum Gasteiger partial charge on any atom is 0.320 e. The van der Waals surface area contributed by atoms with Crippen LogP contribution in [0, 0.1) is 5.92 Å². The summed E-state index contributed by atoms with van der Waals surface area (Å²) in [4.78, 5) is 22.2. The number of halogens is 2. The third kappa shape index (κ3) is 6.65. The summed E-state index contributed by atoms with van der Waals surface area (Å²) in [7, 11) is 0. The number of hydrogen-bond acceptors (Lipinski definition) is 3. The Labute approximate surface area is 98.3 Å². The van der Waals surface area contributed by atoms with Crippen LogP contribution in [0.3, 0.4) is 0 Å². The van der Waals surface area contributed by atoms with Gasteiger partial charge in [0.1, 0.15) is 0 Å². The van der Waals surface area contributed by atoms with E-state index < -0.39 is 23.9 Å². The summed E-state index contributed by atoms with van der Waals surface area (Å²) < 4.78 is 28.4. The highest BCUT2D eigenvalue weighted by Crippen LogP contribution is 2.13. The number of ether oxygens (including phenoxy) is 1. The van der Waals surface area contributed by atoms with Crippen LogP contribution in [0.25, 0.3) is 0 Å². The molecule has 0 aromatic rings. The molecule has 0 fully saturated rings. The molecule has 0 bridgehead atoms. The predicted octanol–water partition coefficient (Wildman–Crippen LogP) is 2.59. The molecule has 0 spiro atoms. The number of rotatable bonds is 7. The number of aliphatic carboxylic acids is 1. The molecular weight excluding hydrogens is 234 g/mol. The predicted molar refractivity (Wildman–Crippen MR) is 56.5 cm³/mol. The number of carboxylic acids is 1. The fraction of sp³-hybridized carbons (Fsp3) is 0.636. The quantitative estimate of drug-likeness (QED) is 0.557. The van der Waals surface area contributed by atoms with Crippen molar-refractivity contribution >= 4 is 11.9 Å². The van der Waals surface area contributed by atoms with Crippen LogP contribution < -0.4 is 0 Å². The summed E-state index contributed by atoms with van der Waals surface area (Å²) in [5, 5.41) is 8.79. The second-order valence-corrected chi connectivity index (χ2v) is 3.62. The molecule has 2 unspecified atom stereocenters. The van der Waals surface area contributed by atoms with Gasteiger partial charge in [-0.25, -0.2) is 0 Å². The number of esters is 1. The topological polar surface area (TPSA) is 63.6 Å². The molecule has 0 radical (unpaired) electrons. The molecule has 0 rings (SSSR count). The fourth-order valence-electron chi connectivity index (χ4n) is 1.07. The number of carbonyl (C=O) groups excluding carboxylic acids is 1. The monoisotopic (exact) mass is 250 g/mol. The van der Waals surface area contributed by atoms with Crippen LogP contribution in [0.15, 0.2) is 12.2 Å². The molecule has 0 aromatic carbocycles. The van der Waals surface area contributed by atoms with Crippen molar-refractivity contribution in [3.05, 3.63) is 12.2 Å². The molecule has 0 aliphatic rings. The molecule has 6 heteroatoms. The zero-order valence-electron chi connectivity index (χ0n) is 9.78. The van der Waals surface area contributed by atoms with Crippen molar-refractivity contribution < 1.29 is 28.2 Å². The maximum atomic E-state index is 11.7. The van der Waals surface area contributed by atoms with E-state index in [1.807, 2.05) is 0 Å². The van der Waals surface area contributed by atoms with E-state index in [2.05, 4.69) is 0 Å². The Kier molecular flexibility index (Phi) is 7.09. The van der Waals surface area contributed by atoms with Gasteiger partial charge in [-0.15, -0.1) is 0 Å². The van der Waals surface area contributed by atoms with Crippen molar-refractivity contribution in [2.24, 2.45) is 5.92 Å². The first kappa shape index (κ1) is 15.5. The molecule has 2 atom stereocenters. The third-order valence-electron chi connectivity index (χ3n) is 2.23. The van der Waals surface area contributed by atoms with Gasteiger partial charge in [-0.1, -0.05) is 6.92 Å². The van der Waals surface area contributed by atoms with E-state index in [0.717, 1.165) is 0 Å². The molecule has 0 aliphatic carbocycles. The molecule has 0 amide bonds. The molecule has 98 valence electrons. The van der Waals surface area contributed by atoms with E-state index in [4.69, 9.17) is 9.84 Å². The minimum atomic E-state index is -1.88. The normalized spacial score (nSPS) is 13.6. The molecule has 0 saturated carbocycles. The molecule has 4 nitrogen and oxygen atoms in total. The number of carboxylic acid groups (broad SMARTS) is 1. The van der Waals surface area contributed by atoms with Crippen LogP contribution in [0.4, 0.5) is 8.78 Å². The lowest BCUT2D eigenvalue weighted by atomic mass is 10.0. The molecule has 0 saturated heterocycles. The van der Waals surface area contributed by atoms with E-state index in [1.54, 1.807) is 13.8 Å². The summed E-state index contributed by atoms with van der Waals surface area (Å²) in [5.41, 5.74) is 0. The Morgan fingerprint density at radius 2 is 2.00 bits per heavy atom. The molecule has 0 aliphatic heterocycles. The Balaban J connectivity index is 4.37. The minimum absolute atomic E-state index is 0.172. The van der Waals surface area contributed by atoms with Crippen LogP contribution in [0.5, 0.6) is 0 Å². The van der Waals surface area contributed by atoms with Gasteiger partial charge in [-0.3, -0.25) is 9.59 Å². The summed E-state index contributed by atoms with van der Waals surface area (Å²) in [6.45, 7) is 3.42. The summed E-state index contributed by atoms with van der Waals surface area (Å²) in [5.74, 6) is -3.62. The van der Waals surface area contributed by atoms with Gasteiger partial charge >= 0.3 is 11.9 Å². The number of carbonyl (C=O) groups is 2. The number of hydrogen-bond donors (Lipinski definition) is 1. The van der Waals surface area contributed by atoms with Crippen molar-refractivity contribution in [2.75, 3.05) is 0 Å². The molecular formula is C11H16F2O4. The van der Waals surface area contributed by atoms with E-state index in [9.17, 15) is 18.4 Å². The zero-order valence-corrected chi connectivity index (χ0v) is 9.78. The van der Waals surface area contributed by atoms with Gasteiger partial charge in [-0.2, -0.15) is 8.78 Å². The lowest BCUT2D eigenvalue weighted by molar-refractivity contribution is -0.162. The van der Waals surface area contributed by atoms with Gasteiger partial charge in [0.15, 0.2) is 5.92 Å². The van der Waals surface area contributed by atoms with Crippen molar-refractivity contribution in [3.8, 4) is 0 Å². The van der Waals surface area contributed by atoms with Crippen LogP contribution in [-0.4, -0.2) is 23.1 Å². The van der Waals surface area contributed by atoms with E-state index in [-0.39, 0.29) is 18.9 Å². The summed E-state index contributed by atoms with van der Waals surface area (Å²) in [6, 6.07) is 0. The smallest absolute Gasteiger partial charge is 0.320 e. The zero-order chi connectivity index (χ0) is 13.4. The SMILES string of the molecule is CCC(C)OC(=O)C(CCC=C(F)F)C(=O)O. The lowest BCUT2D eigenvalue weighted by Gasteiger charge is -2.15. The Morgan fingerprint density at radius 1 is 1.41 bits per heavy atom. The average molecular weight is 250 g/mol. The van der Waals surface area contributed by atoms with Gasteiger partial charge in [0.25, 0.3) is 6.08 Å². The first-order valence-electron chi connectivity index (χ1n) is 5.32. The largest absolute Gasteiger partial charge is 0.481 e. The molecule has 0 heterocycles.